The third-order valence-corrected chi connectivity index (χ3v) is 6.26. The highest BCUT2D eigenvalue weighted by atomic mass is 35.5. The van der Waals surface area contributed by atoms with Crippen molar-refractivity contribution in [3.8, 4) is 0 Å². The molecule has 1 heterocycles. The molecule has 6 heteroatoms. The van der Waals surface area contributed by atoms with E-state index in [1.165, 1.54) is 4.31 Å². The molecule has 1 aromatic carbocycles. The maximum absolute atomic E-state index is 12.8. The fraction of sp³-hybridized carbons (Fsp3) is 0.571. The molecule has 20 heavy (non-hydrogen) atoms. The van der Waals surface area contributed by atoms with Crippen LogP contribution in [0, 0.1) is 13.8 Å². The largest absolute Gasteiger partial charge is 0.380 e. The first kappa shape index (κ1) is 15.8. The summed E-state index contributed by atoms with van der Waals surface area (Å²) in [7, 11) is -1.89. The number of aryl methyl sites for hydroxylation is 1. The van der Waals surface area contributed by atoms with Crippen LogP contribution in [0.5, 0.6) is 0 Å². The van der Waals surface area contributed by atoms with E-state index in [0.717, 1.165) is 23.1 Å². The molecule has 2 rings (SSSR count). The van der Waals surface area contributed by atoms with Gasteiger partial charge in [-0.1, -0.05) is 6.07 Å². The lowest BCUT2D eigenvalue weighted by atomic mass is 10.1. The number of ether oxygens (including phenoxy) is 1. The summed E-state index contributed by atoms with van der Waals surface area (Å²) >= 11 is 5.85. The van der Waals surface area contributed by atoms with Gasteiger partial charge in [0.05, 0.1) is 17.5 Å². The molecule has 112 valence electrons. The van der Waals surface area contributed by atoms with E-state index in [-0.39, 0.29) is 6.04 Å². The second-order valence-electron chi connectivity index (χ2n) is 5.21. The summed E-state index contributed by atoms with van der Waals surface area (Å²) in [6.07, 6.45) is 0.739. The Balaban J connectivity index is 2.45. The summed E-state index contributed by atoms with van der Waals surface area (Å²) in [5, 5.41) is 0. The second-order valence-corrected chi connectivity index (χ2v) is 7.44. The number of hydrogen-bond donors (Lipinski definition) is 0. The Morgan fingerprint density at radius 3 is 2.65 bits per heavy atom. The fourth-order valence-electron chi connectivity index (χ4n) is 2.40. The van der Waals surface area contributed by atoms with Crippen LogP contribution < -0.4 is 0 Å². The predicted octanol–water partition coefficient (Wildman–Crippen LogP) is 2.45. The molecule has 1 aliphatic rings. The minimum atomic E-state index is -3.51. The van der Waals surface area contributed by atoms with Crippen molar-refractivity contribution in [1.82, 2.24) is 4.31 Å². The summed E-state index contributed by atoms with van der Waals surface area (Å²) in [5.74, 6) is 0.305. The molecule has 1 unspecified atom stereocenters. The standard InChI is InChI=1S/C14H20ClNO3S/c1-10-6-12(8-15)7-14(11(10)2)20(17,18)16(3)13-4-5-19-9-13/h6-7,13H,4-5,8-9H2,1-3H3. The number of nitrogens with zero attached hydrogens (tertiary/aromatic N) is 1. The van der Waals surface area contributed by atoms with E-state index in [2.05, 4.69) is 0 Å². The van der Waals surface area contributed by atoms with Crippen molar-refractivity contribution < 1.29 is 13.2 Å². The molecular formula is C14H20ClNO3S. The van der Waals surface area contributed by atoms with Crippen LogP contribution in [-0.2, 0) is 20.6 Å². The Kier molecular flexibility index (Phi) is 4.74. The molecule has 0 spiro atoms. The second kappa shape index (κ2) is 6.02. The van der Waals surface area contributed by atoms with Crippen LogP contribution in [-0.4, -0.2) is 39.0 Å². The maximum Gasteiger partial charge on any atom is 0.243 e. The zero-order chi connectivity index (χ0) is 14.9. The minimum absolute atomic E-state index is 0.0839. The van der Waals surface area contributed by atoms with Crippen LogP contribution in [0.15, 0.2) is 17.0 Å². The molecule has 1 saturated heterocycles. The molecule has 0 aliphatic carbocycles. The smallest absolute Gasteiger partial charge is 0.243 e. The maximum atomic E-state index is 12.8. The normalized spacial score (nSPS) is 19.8. The average Bonchev–Trinajstić information content (AvgIpc) is 2.94. The molecule has 0 saturated carbocycles. The minimum Gasteiger partial charge on any atom is -0.380 e. The van der Waals surface area contributed by atoms with E-state index in [9.17, 15) is 8.42 Å². The zero-order valence-corrected chi connectivity index (χ0v) is 13.6. The number of halogens is 1. The van der Waals surface area contributed by atoms with Gasteiger partial charge in [0.1, 0.15) is 0 Å². The number of rotatable bonds is 4. The summed E-state index contributed by atoms with van der Waals surface area (Å²) in [4.78, 5) is 0.350. The molecule has 0 N–H and O–H groups in total. The lowest BCUT2D eigenvalue weighted by molar-refractivity contribution is 0.181. The number of hydrogen-bond acceptors (Lipinski definition) is 3. The molecule has 4 nitrogen and oxygen atoms in total. The first-order chi connectivity index (χ1) is 9.37. The van der Waals surface area contributed by atoms with Gasteiger partial charge in [-0.25, -0.2) is 8.42 Å². The third kappa shape index (κ3) is 2.86. The molecule has 1 aromatic rings. The van der Waals surface area contributed by atoms with Crippen LogP contribution in [0.3, 0.4) is 0 Å². The summed E-state index contributed by atoms with van der Waals surface area (Å²) in [6, 6.07) is 3.52. The lowest BCUT2D eigenvalue weighted by Crippen LogP contribution is -2.37. The first-order valence-corrected chi connectivity index (χ1v) is 8.57. The van der Waals surface area contributed by atoms with E-state index in [0.29, 0.717) is 24.0 Å². The average molecular weight is 318 g/mol. The molecule has 0 bridgehead atoms. The molecule has 0 amide bonds. The molecule has 1 fully saturated rings. The van der Waals surface area contributed by atoms with Gasteiger partial charge < -0.3 is 4.74 Å². The SMILES string of the molecule is Cc1cc(CCl)cc(S(=O)(=O)N(C)C2CCOC2)c1C. The number of sulfonamides is 1. The Bertz CT molecular complexity index is 595. The summed E-state index contributed by atoms with van der Waals surface area (Å²) < 4.78 is 32.3. The van der Waals surface area contributed by atoms with Gasteiger partial charge >= 0.3 is 0 Å². The van der Waals surface area contributed by atoms with E-state index in [1.54, 1.807) is 13.1 Å². The van der Waals surface area contributed by atoms with Crippen LogP contribution in [0.4, 0.5) is 0 Å². The van der Waals surface area contributed by atoms with Crippen molar-refractivity contribution in [3.05, 3.63) is 28.8 Å². The third-order valence-electron chi connectivity index (χ3n) is 3.91. The van der Waals surface area contributed by atoms with E-state index >= 15 is 0 Å². The quantitative estimate of drug-likeness (QED) is 0.801. The Labute approximate surface area is 125 Å². The van der Waals surface area contributed by atoms with Crippen molar-refractivity contribution in [3.63, 3.8) is 0 Å². The Hall–Kier alpha value is -0.620. The first-order valence-electron chi connectivity index (χ1n) is 6.59. The van der Waals surface area contributed by atoms with Gasteiger partial charge in [-0.15, -0.1) is 11.6 Å². The van der Waals surface area contributed by atoms with Gasteiger partial charge in [0.2, 0.25) is 10.0 Å². The summed E-state index contributed by atoms with van der Waals surface area (Å²) in [6.45, 7) is 4.81. The number of benzene rings is 1. The van der Waals surface area contributed by atoms with Gasteiger partial charge in [-0.2, -0.15) is 4.31 Å². The van der Waals surface area contributed by atoms with E-state index in [1.807, 2.05) is 19.9 Å². The molecular weight excluding hydrogens is 298 g/mol. The van der Waals surface area contributed by atoms with E-state index < -0.39 is 10.0 Å². The van der Waals surface area contributed by atoms with Crippen molar-refractivity contribution in [1.29, 1.82) is 0 Å². The van der Waals surface area contributed by atoms with Crippen molar-refractivity contribution in [2.45, 2.75) is 37.1 Å². The molecule has 0 radical (unpaired) electrons. The number of likely N-dealkylation sites (N-methyl/N-ethyl adjacent to an activating group) is 1. The Morgan fingerprint density at radius 1 is 1.40 bits per heavy atom. The Morgan fingerprint density at radius 2 is 2.10 bits per heavy atom. The van der Waals surface area contributed by atoms with Gasteiger partial charge in [-0.3, -0.25) is 0 Å². The highest BCUT2D eigenvalue weighted by Gasteiger charge is 2.32. The highest BCUT2D eigenvalue weighted by Crippen LogP contribution is 2.27. The zero-order valence-electron chi connectivity index (χ0n) is 12.0. The van der Waals surface area contributed by atoms with Gasteiger partial charge in [-0.05, 0) is 43.0 Å². The van der Waals surface area contributed by atoms with Crippen LogP contribution >= 0.6 is 11.6 Å². The molecule has 0 aromatic heterocycles. The van der Waals surface area contributed by atoms with Crippen molar-refractivity contribution in [2.24, 2.45) is 0 Å². The van der Waals surface area contributed by atoms with E-state index in [4.69, 9.17) is 16.3 Å². The monoisotopic (exact) mass is 317 g/mol. The van der Waals surface area contributed by atoms with Crippen molar-refractivity contribution >= 4 is 21.6 Å². The fourth-order valence-corrected chi connectivity index (χ4v) is 4.28. The predicted molar refractivity (Wildman–Crippen MR) is 79.6 cm³/mol. The highest BCUT2D eigenvalue weighted by molar-refractivity contribution is 7.89. The van der Waals surface area contributed by atoms with Gasteiger partial charge in [0.25, 0.3) is 0 Å². The lowest BCUT2D eigenvalue weighted by Gasteiger charge is -2.24. The molecule has 1 atom stereocenters. The topological polar surface area (TPSA) is 46.6 Å². The number of alkyl halides is 1. The van der Waals surface area contributed by atoms with Crippen molar-refractivity contribution in [2.75, 3.05) is 20.3 Å². The summed E-state index contributed by atoms with van der Waals surface area (Å²) in [5.41, 5.74) is 2.55. The van der Waals surface area contributed by atoms with Gasteiger partial charge in [0.15, 0.2) is 0 Å². The van der Waals surface area contributed by atoms with Crippen LogP contribution in [0.25, 0.3) is 0 Å². The van der Waals surface area contributed by atoms with Gasteiger partial charge in [0, 0.05) is 19.5 Å². The van der Waals surface area contributed by atoms with Crippen LogP contribution in [0.1, 0.15) is 23.1 Å². The van der Waals surface area contributed by atoms with Crippen LogP contribution in [0.2, 0.25) is 0 Å². The molecule has 1 aliphatic heterocycles.